The van der Waals surface area contributed by atoms with E-state index >= 15 is 0 Å². The first-order valence-electron chi connectivity index (χ1n) is 6.90. The van der Waals surface area contributed by atoms with Crippen molar-refractivity contribution >= 4 is 10.0 Å². The van der Waals surface area contributed by atoms with E-state index in [9.17, 15) is 8.42 Å². The van der Waals surface area contributed by atoms with Gasteiger partial charge in [0.1, 0.15) is 0 Å². The van der Waals surface area contributed by atoms with Gasteiger partial charge in [0.25, 0.3) is 0 Å². The van der Waals surface area contributed by atoms with Gasteiger partial charge in [0, 0.05) is 13.1 Å². The van der Waals surface area contributed by atoms with Crippen molar-refractivity contribution < 1.29 is 13.2 Å². The summed E-state index contributed by atoms with van der Waals surface area (Å²) in [5, 5.41) is 3.23. The van der Waals surface area contributed by atoms with Crippen molar-refractivity contribution in [3.8, 4) is 0 Å². The number of hydrogen-bond donors (Lipinski definition) is 2. The van der Waals surface area contributed by atoms with E-state index in [0.29, 0.717) is 19.8 Å². The van der Waals surface area contributed by atoms with Crippen molar-refractivity contribution in [3.05, 3.63) is 0 Å². The number of rotatable bonds is 9. The minimum atomic E-state index is -3.17. The van der Waals surface area contributed by atoms with Crippen LogP contribution in [0.2, 0.25) is 0 Å². The first-order valence-corrected chi connectivity index (χ1v) is 8.55. The predicted molar refractivity (Wildman–Crippen MR) is 76.8 cm³/mol. The Morgan fingerprint density at radius 2 is 2.16 bits per heavy atom. The van der Waals surface area contributed by atoms with Crippen LogP contribution in [0, 0.1) is 5.92 Å². The molecule has 0 radical (unpaired) electrons. The fraction of sp³-hybridized carbons (Fsp3) is 1.00. The zero-order valence-electron chi connectivity index (χ0n) is 12.0. The molecule has 1 rings (SSSR count). The molecule has 0 bridgehead atoms. The number of piperidine rings is 1. The lowest BCUT2D eigenvalue weighted by Crippen LogP contribution is -2.38. The van der Waals surface area contributed by atoms with Crippen LogP contribution >= 0.6 is 0 Å². The molecule has 0 aromatic carbocycles. The molecule has 1 fully saturated rings. The van der Waals surface area contributed by atoms with E-state index in [1.165, 1.54) is 0 Å². The molecule has 0 aromatic heterocycles. The highest BCUT2D eigenvalue weighted by Gasteiger charge is 2.20. The number of nitrogens with zero attached hydrogens (tertiary/aromatic N) is 1. The Bertz CT molecular complexity index is 327. The van der Waals surface area contributed by atoms with Gasteiger partial charge in [-0.05, 0) is 45.9 Å². The molecule has 2 N–H and O–H groups in total. The molecule has 0 amide bonds. The lowest BCUT2D eigenvalue weighted by Gasteiger charge is -2.22. The van der Waals surface area contributed by atoms with Crippen molar-refractivity contribution in [2.24, 2.45) is 5.92 Å². The average Bonchev–Trinajstić information content (AvgIpc) is 2.34. The van der Waals surface area contributed by atoms with Crippen molar-refractivity contribution in [3.63, 3.8) is 0 Å². The molecule has 19 heavy (non-hydrogen) atoms. The molecule has 0 aliphatic carbocycles. The van der Waals surface area contributed by atoms with Crippen LogP contribution in [0.3, 0.4) is 0 Å². The molecule has 7 heteroatoms. The van der Waals surface area contributed by atoms with Crippen molar-refractivity contribution in [2.75, 3.05) is 59.2 Å². The standard InChI is InChI=1S/C12H27N3O3S/c1-15(2)7-9-18-8-6-14-19(16,17)11-12-4-3-5-13-10-12/h12-14H,3-11H2,1-2H3. The Kier molecular flexibility index (Phi) is 7.86. The van der Waals surface area contributed by atoms with Crippen LogP contribution in [0.15, 0.2) is 0 Å². The van der Waals surface area contributed by atoms with E-state index in [2.05, 4.69) is 10.0 Å². The van der Waals surface area contributed by atoms with Crippen molar-refractivity contribution in [1.29, 1.82) is 0 Å². The highest BCUT2D eigenvalue weighted by molar-refractivity contribution is 7.89. The summed E-state index contributed by atoms with van der Waals surface area (Å²) >= 11 is 0. The van der Waals surface area contributed by atoms with Crippen molar-refractivity contribution in [2.45, 2.75) is 12.8 Å². The van der Waals surface area contributed by atoms with Gasteiger partial charge >= 0.3 is 0 Å². The van der Waals surface area contributed by atoms with Gasteiger partial charge in [-0.15, -0.1) is 0 Å². The molecule has 114 valence electrons. The Hall–Kier alpha value is -0.210. The molecule has 0 aromatic rings. The molecule has 1 aliphatic heterocycles. The van der Waals surface area contributed by atoms with Gasteiger partial charge in [-0.1, -0.05) is 0 Å². The third-order valence-corrected chi connectivity index (χ3v) is 4.66. The van der Waals surface area contributed by atoms with Gasteiger partial charge in [0.15, 0.2) is 0 Å². The third kappa shape index (κ3) is 8.54. The number of likely N-dealkylation sites (N-methyl/N-ethyl adjacent to an activating group) is 1. The highest BCUT2D eigenvalue weighted by Crippen LogP contribution is 2.11. The molecule has 1 unspecified atom stereocenters. The van der Waals surface area contributed by atoms with Crippen LogP contribution in [0.1, 0.15) is 12.8 Å². The highest BCUT2D eigenvalue weighted by atomic mass is 32.2. The van der Waals surface area contributed by atoms with Gasteiger partial charge in [-0.3, -0.25) is 0 Å². The van der Waals surface area contributed by atoms with E-state index in [1.54, 1.807) is 0 Å². The Morgan fingerprint density at radius 3 is 2.79 bits per heavy atom. The fourth-order valence-corrected chi connectivity index (χ4v) is 3.47. The van der Waals surface area contributed by atoms with Crippen LogP contribution < -0.4 is 10.0 Å². The normalized spacial score (nSPS) is 20.9. The average molecular weight is 293 g/mol. The number of nitrogens with one attached hydrogen (secondary N) is 2. The minimum Gasteiger partial charge on any atom is -0.379 e. The summed E-state index contributed by atoms with van der Waals surface area (Å²) in [7, 11) is 0.788. The van der Waals surface area contributed by atoms with Gasteiger partial charge in [-0.2, -0.15) is 0 Å². The summed E-state index contributed by atoms with van der Waals surface area (Å²) in [6, 6.07) is 0. The molecular formula is C12H27N3O3S. The van der Waals surface area contributed by atoms with Gasteiger partial charge in [0.05, 0.1) is 19.0 Å². The van der Waals surface area contributed by atoms with Gasteiger partial charge < -0.3 is 15.0 Å². The third-order valence-electron chi connectivity index (χ3n) is 3.11. The fourth-order valence-electron chi connectivity index (χ4n) is 2.05. The Balaban J connectivity index is 2.09. The Labute approximate surface area is 116 Å². The quantitative estimate of drug-likeness (QED) is 0.560. The van der Waals surface area contributed by atoms with Gasteiger partial charge in [0.2, 0.25) is 10.0 Å². The Morgan fingerprint density at radius 1 is 1.37 bits per heavy atom. The number of sulfonamides is 1. The lowest BCUT2D eigenvalue weighted by molar-refractivity contribution is 0.122. The maximum atomic E-state index is 11.8. The summed E-state index contributed by atoms with van der Waals surface area (Å²) in [6.07, 6.45) is 2.06. The maximum absolute atomic E-state index is 11.8. The molecule has 1 atom stereocenters. The van der Waals surface area contributed by atoms with Crippen LogP contribution in [0.25, 0.3) is 0 Å². The molecule has 0 spiro atoms. The summed E-state index contributed by atoms with van der Waals surface area (Å²) in [5.74, 6) is 0.457. The topological polar surface area (TPSA) is 70.7 Å². The summed E-state index contributed by atoms with van der Waals surface area (Å²) in [5.41, 5.74) is 0. The van der Waals surface area contributed by atoms with Crippen LogP contribution in [-0.2, 0) is 14.8 Å². The molecule has 1 saturated heterocycles. The molecule has 0 saturated carbocycles. The second-order valence-corrected chi connectivity index (χ2v) is 7.16. The second-order valence-electron chi connectivity index (χ2n) is 5.30. The first kappa shape index (κ1) is 16.8. The second kappa shape index (κ2) is 8.86. The predicted octanol–water partition coefficient (Wildman–Crippen LogP) is -0.516. The van der Waals surface area contributed by atoms with E-state index in [4.69, 9.17) is 4.74 Å². The monoisotopic (exact) mass is 293 g/mol. The molecular weight excluding hydrogens is 266 g/mol. The molecule has 1 heterocycles. The number of hydrogen-bond acceptors (Lipinski definition) is 5. The van der Waals surface area contributed by atoms with E-state index in [-0.39, 0.29) is 11.7 Å². The van der Waals surface area contributed by atoms with E-state index in [1.807, 2.05) is 19.0 Å². The van der Waals surface area contributed by atoms with E-state index < -0.39 is 10.0 Å². The van der Waals surface area contributed by atoms with Crippen LogP contribution in [-0.4, -0.2) is 72.6 Å². The summed E-state index contributed by atoms with van der Waals surface area (Å²) in [6.45, 7) is 4.07. The largest absolute Gasteiger partial charge is 0.379 e. The van der Waals surface area contributed by atoms with Gasteiger partial charge in [-0.25, -0.2) is 13.1 Å². The lowest BCUT2D eigenvalue weighted by atomic mass is 10.0. The van der Waals surface area contributed by atoms with Crippen LogP contribution in [0.5, 0.6) is 0 Å². The zero-order chi connectivity index (χ0) is 14.1. The van der Waals surface area contributed by atoms with E-state index in [0.717, 1.165) is 32.5 Å². The zero-order valence-corrected chi connectivity index (χ0v) is 12.8. The minimum absolute atomic E-state index is 0.220. The smallest absolute Gasteiger partial charge is 0.211 e. The van der Waals surface area contributed by atoms with Crippen LogP contribution in [0.4, 0.5) is 0 Å². The molecule has 6 nitrogen and oxygen atoms in total. The SMILES string of the molecule is CN(C)CCOCCNS(=O)(=O)CC1CCCNC1. The van der Waals surface area contributed by atoms with Crippen molar-refractivity contribution in [1.82, 2.24) is 14.9 Å². The first-order chi connectivity index (χ1) is 8.99. The number of ether oxygens (including phenoxy) is 1. The molecule has 1 aliphatic rings. The summed E-state index contributed by atoms with van der Waals surface area (Å²) in [4.78, 5) is 2.03. The summed E-state index contributed by atoms with van der Waals surface area (Å²) < 4.78 is 31.6. The maximum Gasteiger partial charge on any atom is 0.211 e.